The molecular formula is C17H25ClN6O. The molecule has 25 heavy (non-hydrogen) atoms. The van der Waals surface area contributed by atoms with Crippen LogP contribution in [0.25, 0.3) is 5.65 Å². The monoisotopic (exact) mass is 364 g/mol. The van der Waals surface area contributed by atoms with E-state index >= 15 is 0 Å². The summed E-state index contributed by atoms with van der Waals surface area (Å²) in [6.07, 6.45) is 4.65. The first-order valence-corrected chi connectivity index (χ1v) is 9.10. The summed E-state index contributed by atoms with van der Waals surface area (Å²) in [5.74, 6) is 0.873. The van der Waals surface area contributed by atoms with Gasteiger partial charge >= 0.3 is 0 Å². The Hall–Kier alpha value is -1.86. The normalized spacial score (nSPS) is 18.1. The summed E-state index contributed by atoms with van der Waals surface area (Å²) < 4.78 is 1.89. The van der Waals surface area contributed by atoms with Crippen LogP contribution in [0.3, 0.4) is 0 Å². The van der Waals surface area contributed by atoms with E-state index in [2.05, 4.69) is 25.3 Å². The summed E-state index contributed by atoms with van der Waals surface area (Å²) in [5, 5.41) is 12.2. The third kappa shape index (κ3) is 4.41. The number of hydrogen-bond donors (Lipinski definition) is 1. The molecule has 2 aromatic heterocycles. The second-order valence-electron chi connectivity index (χ2n) is 6.81. The van der Waals surface area contributed by atoms with E-state index < -0.39 is 0 Å². The summed E-state index contributed by atoms with van der Waals surface area (Å²) in [6.45, 7) is 3.23. The van der Waals surface area contributed by atoms with Crippen LogP contribution in [0.5, 0.6) is 0 Å². The van der Waals surface area contributed by atoms with Crippen molar-refractivity contribution >= 4 is 29.1 Å². The molecule has 1 atom stereocenters. The molecule has 0 unspecified atom stereocenters. The summed E-state index contributed by atoms with van der Waals surface area (Å²) in [4.78, 5) is 16.7. The van der Waals surface area contributed by atoms with Gasteiger partial charge in [-0.15, -0.1) is 10.2 Å². The molecule has 1 aliphatic rings. The number of aromatic nitrogens is 3. The third-order valence-corrected chi connectivity index (χ3v) is 4.73. The van der Waals surface area contributed by atoms with Gasteiger partial charge in [0, 0.05) is 25.8 Å². The van der Waals surface area contributed by atoms with Gasteiger partial charge in [-0.25, -0.2) is 0 Å². The van der Waals surface area contributed by atoms with Crippen molar-refractivity contribution in [1.29, 1.82) is 0 Å². The van der Waals surface area contributed by atoms with E-state index in [1.807, 2.05) is 30.8 Å². The molecule has 7 nitrogen and oxygen atoms in total. The van der Waals surface area contributed by atoms with Gasteiger partial charge in [0.15, 0.2) is 5.65 Å². The van der Waals surface area contributed by atoms with E-state index in [9.17, 15) is 4.79 Å². The molecule has 1 amide bonds. The standard InChI is InChI=1S/C17H25ClN6O/c1-22(2)9-4-8-19-16(25)13-5-3-10-23(11-13)17-21-20-15-7-6-14(18)12-24(15)17/h6-7,12-13H,3-5,8-11H2,1-2H3,(H,19,25)/t13-/m1/s1. The van der Waals surface area contributed by atoms with Crippen molar-refractivity contribution in [1.82, 2.24) is 24.8 Å². The summed E-state index contributed by atoms with van der Waals surface area (Å²) >= 11 is 6.10. The number of nitrogens with zero attached hydrogens (tertiary/aromatic N) is 5. The maximum absolute atomic E-state index is 12.5. The molecule has 0 saturated carbocycles. The number of fused-ring (bicyclic) bond motifs is 1. The SMILES string of the molecule is CN(C)CCCNC(=O)[C@@H]1CCCN(c2nnc3ccc(Cl)cn23)C1. The van der Waals surface area contributed by atoms with Crippen LogP contribution in [0.2, 0.25) is 5.02 Å². The van der Waals surface area contributed by atoms with Crippen LogP contribution in [-0.4, -0.2) is 65.7 Å². The molecule has 1 saturated heterocycles. The summed E-state index contributed by atoms with van der Waals surface area (Å²) in [6, 6.07) is 3.65. The van der Waals surface area contributed by atoms with Crippen LogP contribution in [0.15, 0.2) is 18.3 Å². The van der Waals surface area contributed by atoms with Crippen LogP contribution < -0.4 is 10.2 Å². The molecule has 0 aromatic carbocycles. The lowest BCUT2D eigenvalue weighted by Gasteiger charge is -2.32. The molecule has 0 bridgehead atoms. The van der Waals surface area contributed by atoms with E-state index in [0.717, 1.165) is 50.5 Å². The van der Waals surface area contributed by atoms with Crippen molar-refractivity contribution in [2.45, 2.75) is 19.3 Å². The van der Waals surface area contributed by atoms with Gasteiger partial charge in [-0.1, -0.05) is 11.6 Å². The van der Waals surface area contributed by atoms with Gasteiger partial charge in [-0.3, -0.25) is 9.20 Å². The van der Waals surface area contributed by atoms with Crippen molar-refractivity contribution in [2.75, 3.05) is 45.2 Å². The minimum absolute atomic E-state index is 0.0142. The number of amides is 1. The number of nitrogens with one attached hydrogen (secondary N) is 1. The van der Waals surface area contributed by atoms with Crippen molar-refractivity contribution in [3.63, 3.8) is 0 Å². The Bertz CT molecular complexity index is 731. The first-order chi connectivity index (χ1) is 12.0. The lowest BCUT2D eigenvalue weighted by Crippen LogP contribution is -2.44. The number of carbonyl (C=O) groups is 1. The molecule has 1 fully saturated rings. The predicted octanol–water partition coefficient (Wildman–Crippen LogP) is 1.67. The molecule has 0 radical (unpaired) electrons. The van der Waals surface area contributed by atoms with E-state index in [0.29, 0.717) is 11.6 Å². The molecule has 136 valence electrons. The third-order valence-electron chi connectivity index (χ3n) is 4.50. The van der Waals surface area contributed by atoms with Gasteiger partial charge in [-0.05, 0) is 52.0 Å². The second-order valence-corrected chi connectivity index (χ2v) is 7.24. The Morgan fingerprint density at radius 1 is 1.40 bits per heavy atom. The van der Waals surface area contributed by atoms with Crippen molar-refractivity contribution < 1.29 is 4.79 Å². The van der Waals surface area contributed by atoms with Crippen molar-refractivity contribution in [3.05, 3.63) is 23.4 Å². The van der Waals surface area contributed by atoms with Gasteiger partial charge in [0.2, 0.25) is 11.9 Å². The number of hydrogen-bond acceptors (Lipinski definition) is 5. The fraction of sp³-hybridized carbons (Fsp3) is 0.588. The maximum Gasteiger partial charge on any atom is 0.231 e. The highest BCUT2D eigenvalue weighted by Gasteiger charge is 2.28. The lowest BCUT2D eigenvalue weighted by atomic mass is 9.97. The number of rotatable bonds is 6. The van der Waals surface area contributed by atoms with E-state index in [4.69, 9.17) is 11.6 Å². The predicted molar refractivity (Wildman–Crippen MR) is 99.1 cm³/mol. The minimum atomic E-state index is -0.0142. The Labute approximate surface area is 153 Å². The first-order valence-electron chi connectivity index (χ1n) is 8.72. The number of anilines is 1. The molecule has 3 heterocycles. The zero-order valence-electron chi connectivity index (χ0n) is 14.8. The van der Waals surface area contributed by atoms with Gasteiger partial charge in [-0.2, -0.15) is 0 Å². The molecule has 8 heteroatoms. The van der Waals surface area contributed by atoms with Gasteiger partial charge in [0.1, 0.15) is 0 Å². The zero-order chi connectivity index (χ0) is 17.8. The van der Waals surface area contributed by atoms with Crippen LogP contribution in [0.1, 0.15) is 19.3 Å². The summed E-state index contributed by atoms with van der Waals surface area (Å²) in [5.41, 5.74) is 0.759. The van der Waals surface area contributed by atoms with E-state index in [-0.39, 0.29) is 11.8 Å². The van der Waals surface area contributed by atoms with Crippen molar-refractivity contribution in [3.8, 4) is 0 Å². The zero-order valence-corrected chi connectivity index (χ0v) is 15.5. The smallest absolute Gasteiger partial charge is 0.231 e. The van der Waals surface area contributed by atoms with Crippen LogP contribution in [0.4, 0.5) is 5.95 Å². The van der Waals surface area contributed by atoms with Gasteiger partial charge < -0.3 is 15.1 Å². The molecule has 0 spiro atoms. The highest BCUT2D eigenvalue weighted by molar-refractivity contribution is 6.30. The molecular weight excluding hydrogens is 340 g/mol. The number of halogens is 1. The second kappa shape index (κ2) is 8.01. The summed E-state index contributed by atoms with van der Waals surface area (Å²) in [7, 11) is 4.08. The lowest BCUT2D eigenvalue weighted by molar-refractivity contribution is -0.125. The maximum atomic E-state index is 12.5. The largest absolute Gasteiger partial charge is 0.356 e. The van der Waals surface area contributed by atoms with Crippen LogP contribution >= 0.6 is 11.6 Å². The fourth-order valence-electron chi connectivity index (χ4n) is 3.19. The average Bonchev–Trinajstić information content (AvgIpc) is 3.01. The topological polar surface area (TPSA) is 65.8 Å². The average molecular weight is 365 g/mol. The van der Waals surface area contributed by atoms with Gasteiger partial charge in [0.05, 0.1) is 10.9 Å². The fourth-order valence-corrected chi connectivity index (χ4v) is 3.35. The molecule has 0 aliphatic carbocycles. The van der Waals surface area contributed by atoms with E-state index in [1.54, 1.807) is 6.07 Å². The molecule has 1 aliphatic heterocycles. The Morgan fingerprint density at radius 3 is 3.04 bits per heavy atom. The molecule has 3 rings (SSSR count). The Morgan fingerprint density at radius 2 is 2.24 bits per heavy atom. The Kier molecular flexibility index (Phi) is 5.75. The highest BCUT2D eigenvalue weighted by Crippen LogP contribution is 2.23. The molecule has 2 aromatic rings. The highest BCUT2D eigenvalue weighted by atomic mass is 35.5. The molecule has 1 N–H and O–H groups in total. The van der Waals surface area contributed by atoms with E-state index in [1.165, 1.54) is 0 Å². The number of carbonyl (C=O) groups excluding carboxylic acids is 1. The minimum Gasteiger partial charge on any atom is -0.356 e. The van der Waals surface area contributed by atoms with Crippen LogP contribution in [-0.2, 0) is 4.79 Å². The number of piperidine rings is 1. The van der Waals surface area contributed by atoms with Gasteiger partial charge in [0.25, 0.3) is 0 Å². The number of pyridine rings is 1. The quantitative estimate of drug-likeness (QED) is 0.790. The van der Waals surface area contributed by atoms with Crippen molar-refractivity contribution in [2.24, 2.45) is 5.92 Å². The van der Waals surface area contributed by atoms with Crippen LogP contribution in [0, 0.1) is 5.92 Å². The Balaban J connectivity index is 1.62. The first kappa shape index (κ1) is 17.9.